The summed E-state index contributed by atoms with van der Waals surface area (Å²) in [5.41, 5.74) is 2.29. The van der Waals surface area contributed by atoms with Crippen molar-refractivity contribution in [2.24, 2.45) is 0 Å². The lowest BCUT2D eigenvalue weighted by atomic mass is 9.85. The molecule has 1 aliphatic rings. The van der Waals surface area contributed by atoms with Crippen LogP contribution in [0.3, 0.4) is 0 Å². The Morgan fingerprint density at radius 1 is 1.04 bits per heavy atom. The quantitative estimate of drug-likeness (QED) is 0.397. The van der Waals surface area contributed by atoms with Crippen molar-refractivity contribution in [1.82, 2.24) is 0 Å². The van der Waals surface area contributed by atoms with Crippen molar-refractivity contribution < 1.29 is 14.6 Å². The van der Waals surface area contributed by atoms with Gasteiger partial charge in [0.1, 0.15) is 0 Å². The van der Waals surface area contributed by atoms with Crippen molar-refractivity contribution >= 4 is 0 Å². The van der Waals surface area contributed by atoms with E-state index >= 15 is 0 Å². The average molecular weight is 375 g/mol. The third-order valence-corrected chi connectivity index (χ3v) is 5.66. The SMILES string of the molecule is CCCCC(O)(CCCC)CC/C(=C/CCc1ccc2c(c1)OCO2)CC. The number of benzene rings is 1. The maximum atomic E-state index is 11.1. The van der Waals surface area contributed by atoms with Gasteiger partial charge in [-0.15, -0.1) is 0 Å². The zero-order chi connectivity index (χ0) is 19.5. The number of hydrogen-bond acceptors (Lipinski definition) is 3. The van der Waals surface area contributed by atoms with Gasteiger partial charge in [-0.05, 0) is 62.6 Å². The number of hydrogen-bond donors (Lipinski definition) is 1. The number of allylic oxidation sites excluding steroid dienone is 2. The molecule has 1 aliphatic heterocycles. The lowest BCUT2D eigenvalue weighted by Crippen LogP contribution is -2.28. The highest BCUT2D eigenvalue weighted by Crippen LogP contribution is 2.33. The van der Waals surface area contributed by atoms with Crippen LogP contribution in [0.25, 0.3) is 0 Å². The molecule has 0 fully saturated rings. The molecule has 1 aromatic rings. The Balaban J connectivity index is 1.85. The van der Waals surface area contributed by atoms with Gasteiger partial charge in [0.25, 0.3) is 0 Å². The fraction of sp³-hybridized carbons (Fsp3) is 0.667. The Kier molecular flexibility index (Phi) is 9.20. The van der Waals surface area contributed by atoms with E-state index in [4.69, 9.17) is 9.47 Å². The normalized spacial score (nSPS) is 14.0. The van der Waals surface area contributed by atoms with Crippen LogP contribution in [0.4, 0.5) is 0 Å². The van der Waals surface area contributed by atoms with Crippen LogP contribution in [0.15, 0.2) is 29.8 Å². The van der Waals surface area contributed by atoms with Gasteiger partial charge in [0.2, 0.25) is 6.79 Å². The predicted molar refractivity (Wildman–Crippen MR) is 112 cm³/mol. The molecule has 0 aromatic heterocycles. The topological polar surface area (TPSA) is 38.7 Å². The smallest absolute Gasteiger partial charge is 0.231 e. The van der Waals surface area contributed by atoms with Crippen molar-refractivity contribution in [3.8, 4) is 11.5 Å². The van der Waals surface area contributed by atoms with E-state index in [-0.39, 0.29) is 0 Å². The molecule has 0 saturated carbocycles. The number of fused-ring (bicyclic) bond motifs is 1. The molecular weight excluding hydrogens is 336 g/mol. The van der Waals surface area contributed by atoms with Gasteiger partial charge in [0.05, 0.1) is 5.60 Å². The molecule has 3 nitrogen and oxygen atoms in total. The molecule has 3 heteroatoms. The fourth-order valence-electron chi connectivity index (χ4n) is 3.74. The zero-order valence-electron chi connectivity index (χ0n) is 17.6. The molecule has 0 saturated heterocycles. The fourth-order valence-corrected chi connectivity index (χ4v) is 3.74. The third kappa shape index (κ3) is 7.21. The summed E-state index contributed by atoms with van der Waals surface area (Å²) in [6, 6.07) is 6.22. The Hall–Kier alpha value is -1.48. The van der Waals surface area contributed by atoms with Crippen molar-refractivity contribution in [2.45, 2.75) is 97.0 Å². The lowest BCUT2D eigenvalue weighted by molar-refractivity contribution is 0.0104. The molecular formula is C24H38O3. The summed E-state index contributed by atoms with van der Waals surface area (Å²) in [5, 5.41) is 11.1. The van der Waals surface area contributed by atoms with Gasteiger partial charge in [-0.3, -0.25) is 0 Å². The van der Waals surface area contributed by atoms with E-state index in [1.165, 1.54) is 11.1 Å². The minimum absolute atomic E-state index is 0.331. The first kappa shape index (κ1) is 21.8. The van der Waals surface area contributed by atoms with Crippen LogP contribution in [0.1, 0.15) is 90.5 Å². The summed E-state index contributed by atoms with van der Waals surface area (Å²) < 4.78 is 10.8. The lowest BCUT2D eigenvalue weighted by Gasteiger charge is -2.29. The van der Waals surface area contributed by atoms with Crippen molar-refractivity contribution in [2.75, 3.05) is 6.79 Å². The van der Waals surface area contributed by atoms with E-state index in [9.17, 15) is 5.11 Å². The van der Waals surface area contributed by atoms with Crippen LogP contribution in [-0.2, 0) is 6.42 Å². The maximum Gasteiger partial charge on any atom is 0.231 e. The summed E-state index contributed by atoms with van der Waals surface area (Å²) in [4.78, 5) is 0. The molecule has 27 heavy (non-hydrogen) atoms. The zero-order valence-corrected chi connectivity index (χ0v) is 17.6. The number of rotatable bonds is 13. The first-order valence-electron chi connectivity index (χ1n) is 10.9. The number of aryl methyl sites for hydroxylation is 1. The molecule has 0 radical (unpaired) electrons. The molecule has 0 bridgehead atoms. The van der Waals surface area contributed by atoms with Crippen LogP contribution >= 0.6 is 0 Å². The molecule has 1 aromatic carbocycles. The van der Waals surface area contributed by atoms with E-state index in [1.54, 1.807) is 0 Å². The molecule has 0 unspecified atom stereocenters. The predicted octanol–water partition coefficient (Wildman–Crippen LogP) is 6.58. The largest absolute Gasteiger partial charge is 0.454 e. The minimum atomic E-state index is -0.475. The molecule has 0 spiro atoms. The standard InChI is InChI=1S/C24H38O3/c1-4-7-15-24(25,16-8-5-2)17-14-20(6-3)10-9-11-21-12-13-22-23(18-21)27-19-26-22/h10,12-13,18,25H,4-9,11,14-17,19H2,1-3H3/b20-10+. The van der Waals surface area contributed by atoms with Crippen LogP contribution in [0.5, 0.6) is 11.5 Å². The number of unbranched alkanes of at least 4 members (excludes halogenated alkanes) is 2. The highest BCUT2D eigenvalue weighted by molar-refractivity contribution is 5.44. The number of ether oxygens (including phenoxy) is 2. The van der Waals surface area contributed by atoms with Gasteiger partial charge >= 0.3 is 0 Å². The first-order chi connectivity index (χ1) is 13.1. The average Bonchev–Trinajstić information content (AvgIpc) is 3.15. The van der Waals surface area contributed by atoms with E-state index in [0.717, 1.165) is 82.1 Å². The summed E-state index contributed by atoms with van der Waals surface area (Å²) in [6.45, 7) is 6.96. The highest BCUT2D eigenvalue weighted by Gasteiger charge is 2.25. The Bertz CT molecular complexity index is 583. The van der Waals surface area contributed by atoms with Gasteiger partial charge in [-0.25, -0.2) is 0 Å². The van der Waals surface area contributed by atoms with Crippen LogP contribution in [0.2, 0.25) is 0 Å². The van der Waals surface area contributed by atoms with E-state index in [2.05, 4.69) is 39.0 Å². The van der Waals surface area contributed by atoms with E-state index < -0.39 is 5.60 Å². The van der Waals surface area contributed by atoms with Crippen molar-refractivity contribution in [1.29, 1.82) is 0 Å². The van der Waals surface area contributed by atoms with Gasteiger partial charge in [-0.1, -0.05) is 64.2 Å². The molecule has 0 amide bonds. The summed E-state index contributed by atoms with van der Waals surface area (Å²) >= 11 is 0. The first-order valence-corrected chi connectivity index (χ1v) is 10.9. The molecule has 2 rings (SSSR count). The van der Waals surface area contributed by atoms with E-state index in [0.29, 0.717) is 6.79 Å². The monoisotopic (exact) mass is 374 g/mol. The molecule has 1 heterocycles. The Morgan fingerprint density at radius 2 is 1.74 bits per heavy atom. The van der Waals surface area contributed by atoms with Gasteiger partial charge in [0.15, 0.2) is 11.5 Å². The maximum absolute atomic E-state index is 11.1. The van der Waals surface area contributed by atoms with Crippen LogP contribution in [-0.4, -0.2) is 17.5 Å². The summed E-state index contributed by atoms with van der Waals surface area (Å²) in [7, 11) is 0. The molecule has 0 atom stereocenters. The Morgan fingerprint density at radius 3 is 2.41 bits per heavy atom. The Labute approximate surface area is 165 Å². The molecule has 1 N–H and O–H groups in total. The second kappa shape index (κ2) is 11.4. The summed E-state index contributed by atoms with van der Waals surface area (Å²) in [5.74, 6) is 1.71. The molecule has 0 aliphatic carbocycles. The van der Waals surface area contributed by atoms with Crippen LogP contribution < -0.4 is 9.47 Å². The van der Waals surface area contributed by atoms with Gasteiger partial charge < -0.3 is 14.6 Å². The highest BCUT2D eigenvalue weighted by atomic mass is 16.7. The van der Waals surface area contributed by atoms with E-state index in [1.807, 2.05) is 6.07 Å². The van der Waals surface area contributed by atoms with Crippen LogP contribution in [0, 0.1) is 0 Å². The molecule has 152 valence electrons. The minimum Gasteiger partial charge on any atom is -0.454 e. The van der Waals surface area contributed by atoms with Gasteiger partial charge in [0, 0.05) is 0 Å². The van der Waals surface area contributed by atoms with Crippen molar-refractivity contribution in [3.05, 3.63) is 35.4 Å². The number of aliphatic hydroxyl groups is 1. The third-order valence-electron chi connectivity index (χ3n) is 5.66. The second-order valence-corrected chi connectivity index (χ2v) is 7.87. The van der Waals surface area contributed by atoms with Gasteiger partial charge in [-0.2, -0.15) is 0 Å². The summed E-state index contributed by atoms with van der Waals surface area (Å²) in [6.07, 6.45) is 13.8. The van der Waals surface area contributed by atoms with Crippen molar-refractivity contribution in [3.63, 3.8) is 0 Å². The second-order valence-electron chi connectivity index (χ2n) is 7.87.